The Morgan fingerprint density at radius 3 is 2.11 bits per heavy atom. The molecule has 0 radical (unpaired) electrons. The molecule has 0 heteroatoms. The molecule has 0 spiro atoms. The highest BCUT2D eigenvalue weighted by molar-refractivity contribution is 4.78. The van der Waals surface area contributed by atoms with Gasteiger partial charge in [-0.1, -0.05) is 66.7 Å². The topological polar surface area (TPSA) is 0 Å². The van der Waals surface area contributed by atoms with Crippen LogP contribution in [0.5, 0.6) is 0 Å². The highest BCUT2D eigenvalue weighted by Gasteiger charge is 2.27. The Hall–Kier alpha value is 0. The quantitative estimate of drug-likeness (QED) is 0.451. The first-order chi connectivity index (χ1) is 8.56. The van der Waals surface area contributed by atoms with E-state index in [9.17, 15) is 0 Å². The summed E-state index contributed by atoms with van der Waals surface area (Å²) in [4.78, 5) is 0. The lowest BCUT2D eigenvalue weighted by Gasteiger charge is -2.35. The third-order valence-corrected chi connectivity index (χ3v) is 5.37. The van der Waals surface area contributed by atoms with E-state index in [0.29, 0.717) is 0 Å². The van der Waals surface area contributed by atoms with Crippen molar-refractivity contribution in [2.75, 3.05) is 0 Å². The van der Waals surface area contributed by atoms with E-state index in [1.807, 2.05) is 0 Å². The van der Waals surface area contributed by atoms with Crippen LogP contribution in [0.15, 0.2) is 0 Å². The van der Waals surface area contributed by atoms with Crippen molar-refractivity contribution >= 4 is 0 Å². The maximum Gasteiger partial charge on any atom is -0.0394 e. The molecule has 0 bridgehead atoms. The van der Waals surface area contributed by atoms with Crippen molar-refractivity contribution in [3.05, 3.63) is 0 Å². The zero-order valence-electron chi connectivity index (χ0n) is 13.5. The van der Waals surface area contributed by atoms with Crippen molar-refractivity contribution in [2.45, 2.75) is 86.0 Å². The molecular formula is C18H36. The summed E-state index contributed by atoms with van der Waals surface area (Å²) < 4.78 is 0. The van der Waals surface area contributed by atoms with Crippen LogP contribution < -0.4 is 0 Å². The zero-order chi connectivity index (χ0) is 13.5. The predicted octanol–water partition coefficient (Wildman–Crippen LogP) is 6.30. The summed E-state index contributed by atoms with van der Waals surface area (Å²) in [5.41, 5.74) is 0. The molecule has 108 valence electrons. The molecule has 0 heterocycles. The maximum absolute atomic E-state index is 2.41. The molecule has 0 nitrogen and oxygen atoms in total. The van der Waals surface area contributed by atoms with E-state index in [2.05, 4.69) is 34.6 Å². The van der Waals surface area contributed by atoms with E-state index in [4.69, 9.17) is 0 Å². The van der Waals surface area contributed by atoms with Crippen molar-refractivity contribution < 1.29 is 0 Å². The Bertz CT molecular complexity index is 200. The van der Waals surface area contributed by atoms with Crippen LogP contribution in [-0.2, 0) is 0 Å². The Morgan fingerprint density at radius 2 is 1.67 bits per heavy atom. The van der Waals surface area contributed by atoms with Crippen LogP contribution in [0.2, 0.25) is 0 Å². The number of rotatable bonds is 9. The minimum absolute atomic E-state index is 0.877. The van der Waals surface area contributed by atoms with Crippen LogP contribution in [0.4, 0.5) is 0 Å². The van der Waals surface area contributed by atoms with E-state index >= 15 is 0 Å². The van der Waals surface area contributed by atoms with Crippen LogP contribution >= 0.6 is 0 Å². The molecule has 1 saturated carbocycles. The Balaban J connectivity index is 2.14. The summed E-state index contributed by atoms with van der Waals surface area (Å²) in [5, 5.41) is 0. The molecule has 0 saturated heterocycles. The smallest absolute Gasteiger partial charge is 0.0394 e. The van der Waals surface area contributed by atoms with Gasteiger partial charge in [-0.25, -0.2) is 0 Å². The molecule has 2 atom stereocenters. The molecule has 1 rings (SSSR count). The van der Waals surface area contributed by atoms with Gasteiger partial charge >= 0.3 is 0 Å². The van der Waals surface area contributed by atoms with E-state index < -0.39 is 0 Å². The lowest BCUT2D eigenvalue weighted by molar-refractivity contribution is 0.165. The second-order valence-corrected chi connectivity index (χ2v) is 7.30. The standard InChI is InChI=1S/C18H36/c1-6-16(13-17-11-15(5)12-17)9-8-10-18(7-2)14(3)4/h14-18H,6-13H2,1-5H3. The molecule has 0 aromatic rings. The minimum atomic E-state index is 0.877. The molecule has 0 amide bonds. The first kappa shape index (κ1) is 16.1. The highest BCUT2D eigenvalue weighted by Crippen LogP contribution is 2.39. The molecule has 1 aliphatic carbocycles. The highest BCUT2D eigenvalue weighted by atomic mass is 14.3. The average Bonchev–Trinajstić information content (AvgIpc) is 2.30. The average molecular weight is 252 g/mol. The summed E-state index contributed by atoms with van der Waals surface area (Å²) in [6, 6.07) is 0. The van der Waals surface area contributed by atoms with Gasteiger partial charge in [0.2, 0.25) is 0 Å². The third-order valence-electron chi connectivity index (χ3n) is 5.37. The van der Waals surface area contributed by atoms with Gasteiger partial charge < -0.3 is 0 Å². The fourth-order valence-electron chi connectivity index (χ4n) is 3.90. The predicted molar refractivity (Wildman–Crippen MR) is 82.8 cm³/mol. The molecular weight excluding hydrogens is 216 g/mol. The second-order valence-electron chi connectivity index (χ2n) is 7.30. The number of hydrogen-bond acceptors (Lipinski definition) is 0. The molecule has 1 fully saturated rings. The van der Waals surface area contributed by atoms with Crippen LogP contribution in [0, 0.1) is 29.6 Å². The number of hydrogen-bond donors (Lipinski definition) is 0. The van der Waals surface area contributed by atoms with Gasteiger partial charge in [0.15, 0.2) is 0 Å². The SMILES string of the molecule is CCC(CCCC(CC)C(C)C)CC1CC(C)C1. The van der Waals surface area contributed by atoms with Gasteiger partial charge in [-0.2, -0.15) is 0 Å². The zero-order valence-corrected chi connectivity index (χ0v) is 13.5. The summed E-state index contributed by atoms with van der Waals surface area (Å²) in [5.74, 6) is 4.97. The summed E-state index contributed by atoms with van der Waals surface area (Å²) >= 11 is 0. The molecule has 18 heavy (non-hydrogen) atoms. The van der Waals surface area contributed by atoms with E-state index in [-0.39, 0.29) is 0 Å². The summed E-state index contributed by atoms with van der Waals surface area (Å²) in [6.07, 6.45) is 11.8. The molecule has 0 N–H and O–H groups in total. The van der Waals surface area contributed by atoms with Crippen LogP contribution in [0.3, 0.4) is 0 Å². The molecule has 0 aromatic carbocycles. The fourth-order valence-corrected chi connectivity index (χ4v) is 3.90. The van der Waals surface area contributed by atoms with Gasteiger partial charge in [0.1, 0.15) is 0 Å². The van der Waals surface area contributed by atoms with Gasteiger partial charge in [0.05, 0.1) is 0 Å². The Morgan fingerprint density at radius 1 is 1.00 bits per heavy atom. The van der Waals surface area contributed by atoms with Crippen LogP contribution in [0.25, 0.3) is 0 Å². The molecule has 1 aliphatic rings. The normalized spacial score (nSPS) is 27.0. The minimum Gasteiger partial charge on any atom is -0.0651 e. The monoisotopic (exact) mass is 252 g/mol. The van der Waals surface area contributed by atoms with Crippen molar-refractivity contribution in [2.24, 2.45) is 29.6 Å². The lowest BCUT2D eigenvalue weighted by atomic mass is 9.71. The second kappa shape index (κ2) is 8.23. The first-order valence-corrected chi connectivity index (χ1v) is 8.56. The third kappa shape index (κ3) is 5.33. The summed E-state index contributed by atoms with van der Waals surface area (Å²) in [6.45, 7) is 11.9. The lowest BCUT2D eigenvalue weighted by Crippen LogP contribution is -2.23. The van der Waals surface area contributed by atoms with E-state index in [0.717, 1.165) is 29.6 Å². The van der Waals surface area contributed by atoms with Crippen LogP contribution in [-0.4, -0.2) is 0 Å². The van der Waals surface area contributed by atoms with Crippen molar-refractivity contribution in [3.63, 3.8) is 0 Å². The van der Waals surface area contributed by atoms with Crippen molar-refractivity contribution in [1.82, 2.24) is 0 Å². The Kier molecular flexibility index (Phi) is 7.34. The van der Waals surface area contributed by atoms with Crippen molar-refractivity contribution in [1.29, 1.82) is 0 Å². The largest absolute Gasteiger partial charge is 0.0651 e. The van der Waals surface area contributed by atoms with Gasteiger partial charge in [0.25, 0.3) is 0 Å². The van der Waals surface area contributed by atoms with Crippen molar-refractivity contribution in [3.8, 4) is 0 Å². The van der Waals surface area contributed by atoms with Gasteiger partial charge in [-0.3, -0.25) is 0 Å². The van der Waals surface area contributed by atoms with E-state index in [1.54, 1.807) is 0 Å². The van der Waals surface area contributed by atoms with Gasteiger partial charge in [-0.15, -0.1) is 0 Å². The van der Waals surface area contributed by atoms with Gasteiger partial charge in [-0.05, 0) is 48.9 Å². The molecule has 2 unspecified atom stereocenters. The molecule has 0 aliphatic heterocycles. The Labute approximate surface area is 116 Å². The first-order valence-electron chi connectivity index (χ1n) is 8.56. The fraction of sp³-hybridized carbons (Fsp3) is 1.00. The van der Waals surface area contributed by atoms with Crippen LogP contribution in [0.1, 0.15) is 86.0 Å². The molecule has 0 aromatic heterocycles. The maximum atomic E-state index is 2.41. The van der Waals surface area contributed by atoms with E-state index in [1.165, 1.54) is 51.4 Å². The van der Waals surface area contributed by atoms with Gasteiger partial charge in [0, 0.05) is 0 Å². The summed E-state index contributed by atoms with van der Waals surface area (Å²) in [7, 11) is 0.